The lowest BCUT2D eigenvalue weighted by Crippen LogP contribution is -2.16. The average Bonchev–Trinajstić information content (AvgIpc) is 4.16. The van der Waals surface area contributed by atoms with Crippen molar-refractivity contribution in [1.82, 2.24) is 0 Å². The summed E-state index contributed by atoms with van der Waals surface area (Å²) in [6.07, 6.45) is 2.08. The minimum Gasteiger partial charge on any atom is -0.310 e. The van der Waals surface area contributed by atoms with Gasteiger partial charge >= 0.3 is 0 Å². The van der Waals surface area contributed by atoms with E-state index in [9.17, 15) is 0 Å². The predicted molar refractivity (Wildman–Crippen MR) is 284 cm³/mol. The van der Waals surface area contributed by atoms with Gasteiger partial charge in [-0.15, -0.1) is 0 Å². The average molecular weight is 873 g/mol. The molecule has 2 atom stereocenters. The third-order valence-electron chi connectivity index (χ3n) is 16.4. The van der Waals surface area contributed by atoms with E-state index < -0.39 is 0 Å². The van der Waals surface area contributed by atoms with Crippen molar-refractivity contribution in [2.24, 2.45) is 0 Å². The number of fused-ring (bicyclic) bond motifs is 5. The predicted octanol–water partition coefficient (Wildman–Crippen LogP) is 17.5. The Kier molecular flexibility index (Phi) is 9.74. The molecule has 0 spiro atoms. The van der Waals surface area contributed by atoms with Crippen LogP contribution < -0.4 is 9.80 Å². The van der Waals surface area contributed by atoms with Gasteiger partial charge in [-0.3, -0.25) is 0 Å². The molecule has 334 valence electrons. The molecule has 3 aliphatic rings. The van der Waals surface area contributed by atoms with E-state index in [2.05, 4.69) is 238 Å². The van der Waals surface area contributed by atoms with Gasteiger partial charge in [0, 0.05) is 50.4 Å². The normalized spacial score (nSPS) is 17.9. The summed E-state index contributed by atoms with van der Waals surface area (Å²) in [7, 11) is 0. The van der Waals surface area contributed by atoms with Crippen molar-refractivity contribution in [2.45, 2.75) is 112 Å². The number of nitrogens with zero attached hydrogens (tertiary/aromatic N) is 2. The summed E-state index contributed by atoms with van der Waals surface area (Å²) in [4.78, 5) is 4.87. The van der Waals surface area contributed by atoms with Crippen LogP contribution in [0, 0.1) is 55.4 Å². The molecule has 0 saturated carbocycles. The van der Waals surface area contributed by atoms with Crippen LogP contribution in [0.15, 0.2) is 146 Å². The second kappa shape index (κ2) is 15.2. The van der Waals surface area contributed by atoms with Gasteiger partial charge in [0.1, 0.15) is 0 Å². The summed E-state index contributed by atoms with van der Waals surface area (Å²) < 4.78 is 0. The van der Waals surface area contributed by atoms with Crippen LogP contribution in [0.2, 0.25) is 0 Å². The summed E-state index contributed by atoms with van der Waals surface area (Å²) >= 11 is 0. The summed E-state index contributed by atoms with van der Waals surface area (Å²) in [5, 5.41) is 0. The first kappa shape index (κ1) is 43.0. The van der Waals surface area contributed by atoms with E-state index in [0.29, 0.717) is 0 Å². The second-order valence-corrected chi connectivity index (χ2v) is 20.9. The summed E-state index contributed by atoms with van der Waals surface area (Å²) in [5.74, 6) is 0. The van der Waals surface area contributed by atoms with Crippen molar-refractivity contribution in [3.63, 3.8) is 0 Å². The lowest BCUT2D eigenvalue weighted by atomic mass is 9.81. The minimum atomic E-state index is -0.104. The largest absolute Gasteiger partial charge is 0.310 e. The molecule has 0 N–H and O–H groups in total. The first-order valence-corrected chi connectivity index (χ1v) is 24.6. The van der Waals surface area contributed by atoms with Crippen molar-refractivity contribution >= 4 is 34.1 Å². The molecule has 0 aliphatic heterocycles. The Morgan fingerprint density at radius 2 is 0.597 bits per heavy atom. The van der Waals surface area contributed by atoms with Crippen LogP contribution >= 0.6 is 0 Å². The smallest absolute Gasteiger partial charge is 0.0493 e. The third kappa shape index (κ3) is 6.35. The Morgan fingerprint density at radius 3 is 0.881 bits per heavy atom. The fourth-order valence-electron chi connectivity index (χ4n) is 12.4. The molecule has 0 fully saturated rings. The number of hydrogen-bond donors (Lipinski definition) is 0. The fraction of sp³-hybridized carbons (Fsp3) is 0.262. The van der Waals surface area contributed by atoms with Crippen LogP contribution in [0.3, 0.4) is 0 Å². The monoisotopic (exact) mass is 873 g/mol. The molecule has 2 heteroatoms. The van der Waals surface area contributed by atoms with Crippen molar-refractivity contribution in [3.05, 3.63) is 235 Å². The molecule has 3 aliphatic carbocycles. The number of hydrogen-bond acceptors (Lipinski definition) is 2. The lowest BCUT2D eigenvalue weighted by molar-refractivity contribution is 0.656. The van der Waals surface area contributed by atoms with Gasteiger partial charge in [-0.25, -0.2) is 0 Å². The Morgan fingerprint density at radius 1 is 0.313 bits per heavy atom. The van der Waals surface area contributed by atoms with Crippen LogP contribution in [-0.2, 0) is 16.2 Å². The van der Waals surface area contributed by atoms with Crippen LogP contribution in [-0.4, -0.2) is 0 Å². The summed E-state index contributed by atoms with van der Waals surface area (Å²) in [6, 6.07) is 56.2. The molecule has 67 heavy (non-hydrogen) atoms. The van der Waals surface area contributed by atoms with E-state index in [1.165, 1.54) is 134 Å². The van der Waals surface area contributed by atoms with Crippen molar-refractivity contribution in [1.29, 1.82) is 0 Å². The Bertz CT molecular complexity index is 2980. The van der Waals surface area contributed by atoms with Crippen molar-refractivity contribution in [2.75, 3.05) is 9.80 Å². The number of aryl methyl sites for hydroxylation is 8. The van der Waals surface area contributed by atoms with Gasteiger partial charge in [0.05, 0.1) is 0 Å². The van der Waals surface area contributed by atoms with Crippen LogP contribution in [0.25, 0.3) is 11.1 Å². The topological polar surface area (TPSA) is 6.48 Å². The minimum absolute atomic E-state index is 0.0793. The van der Waals surface area contributed by atoms with Gasteiger partial charge < -0.3 is 9.80 Å². The number of rotatable bonds is 10. The van der Waals surface area contributed by atoms with Gasteiger partial charge in [-0.05, 0) is 219 Å². The molecule has 0 aromatic heterocycles. The van der Waals surface area contributed by atoms with E-state index in [-0.39, 0.29) is 16.2 Å². The fourth-order valence-corrected chi connectivity index (χ4v) is 12.4. The summed E-state index contributed by atoms with van der Waals surface area (Å²) in [6.45, 7) is 27.6. The van der Waals surface area contributed by atoms with Gasteiger partial charge in [-0.2, -0.15) is 0 Å². The second-order valence-electron chi connectivity index (χ2n) is 20.9. The molecule has 0 heterocycles. The first-order chi connectivity index (χ1) is 32.1. The van der Waals surface area contributed by atoms with Crippen LogP contribution in [0.4, 0.5) is 34.1 Å². The lowest BCUT2D eigenvalue weighted by Gasteiger charge is -2.29. The highest BCUT2D eigenvalue weighted by Crippen LogP contribution is 2.66. The molecular weight excluding hydrogens is 809 g/mol. The Balaban J connectivity index is 0.963. The van der Waals surface area contributed by atoms with Gasteiger partial charge in [0.2, 0.25) is 0 Å². The van der Waals surface area contributed by atoms with E-state index >= 15 is 0 Å². The van der Waals surface area contributed by atoms with Gasteiger partial charge in [0.15, 0.2) is 0 Å². The maximum absolute atomic E-state index is 2.61. The van der Waals surface area contributed by atoms with Gasteiger partial charge in [-0.1, -0.05) is 123 Å². The third-order valence-corrected chi connectivity index (χ3v) is 16.4. The standard InChI is InChI=1S/C65H64N2/c1-13-64(53-31-45(9)61(33-43(53)7)66(47-23-15-39(3)16-24-47)48-25-17-40(4)18-26-48)57-35-51-52-36-58-60(38-56(52)63(11,12)55(51)37-59(57)64)65(58,14-2)54-32-46(10)62(34-44(54)8)67(49-27-19-41(5)20-28-49)50-29-21-42(6)22-30-50/h15-38H,13-14H2,1-12H3. The van der Waals surface area contributed by atoms with Gasteiger partial charge in [0.25, 0.3) is 0 Å². The van der Waals surface area contributed by atoms with Crippen LogP contribution in [0.5, 0.6) is 0 Å². The molecule has 2 unspecified atom stereocenters. The molecular formula is C65H64N2. The Hall–Kier alpha value is -6.64. The zero-order valence-electron chi connectivity index (χ0n) is 41.7. The van der Waals surface area contributed by atoms with Crippen LogP contribution in [0.1, 0.15) is 130 Å². The Labute approximate surface area is 400 Å². The first-order valence-electron chi connectivity index (χ1n) is 24.6. The molecule has 0 bridgehead atoms. The highest BCUT2D eigenvalue weighted by molar-refractivity contribution is 5.90. The number of anilines is 6. The molecule has 2 nitrogen and oxygen atoms in total. The van der Waals surface area contributed by atoms with Crippen molar-refractivity contribution in [3.8, 4) is 11.1 Å². The van der Waals surface area contributed by atoms with E-state index in [1.54, 1.807) is 0 Å². The molecule has 11 rings (SSSR count). The van der Waals surface area contributed by atoms with E-state index in [0.717, 1.165) is 12.8 Å². The van der Waals surface area contributed by atoms with E-state index in [4.69, 9.17) is 0 Å². The molecule has 0 radical (unpaired) electrons. The highest BCUT2D eigenvalue weighted by Gasteiger charge is 2.56. The molecule has 0 amide bonds. The summed E-state index contributed by atoms with van der Waals surface area (Å²) in [5.41, 5.74) is 32.0. The molecule has 8 aromatic rings. The zero-order valence-corrected chi connectivity index (χ0v) is 41.7. The van der Waals surface area contributed by atoms with E-state index in [1.807, 2.05) is 0 Å². The maximum atomic E-state index is 2.61. The van der Waals surface area contributed by atoms with Crippen molar-refractivity contribution < 1.29 is 0 Å². The SMILES string of the molecule is CCC1(c2cc(C)c(N(c3ccc(C)cc3)c3ccc(C)cc3)cc2C)c2cc3c(cc21)C(C)(C)c1cc2c(cc1-3)C2(CC)c1cc(C)c(N(c2ccc(C)cc2)c2ccc(C)cc2)cc1C. The maximum Gasteiger partial charge on any atom is 0.0493 e. The highest BCUT2D eigenvalue weighted by atomic mass is 15.1. The molecule has 8 aromatic carbocycles. The quantitative estimate of drug-likeness (QED) is 0.135. The number of benzene rings is 8. The zero-order chi connectivity index (χ0) is 46.9. The molecule has 0 saturated heterocycles.